The van der Waals surface area contributed by atoms with Crippen LogP contribution in [0.5, 0.6) is 0 Å². The number of piperazine rings is 1. The molecule has 0 radical (unpaired) electrons. The molecule has 1 saturated heterocycles. The van der Waals surface area contributed by atoms with E-state index in [0.717, 1.165) is 58.1 Å². The van der Waals surface area contributed by atoms with Crippen LogP contribution in [0, 0.1) is 0 Å². The Kier molecular flexibility index (Phi) is 7.99. The molecule has 27 heavy (non-hydrogen) atoms. The zero-order valence-corrected chi connectivity index (χ0v) is 17.0. The Morgan fingerprint density at radius 3 is 2.59 bits per heavy atom. The Balaban J connectivity index is 1.27. The number of unbranched alkanes of at least 4 members (excludes halogenated alkanes) is 1. The second-order valence-electron chi connectivity index (χ2n) is 6.64. The third-order valence-corrected chi connectivity index (χ3v) is 5.65. The Labute approximate surface area is 166 Å². The fourth-order valence-electron chi connectivity index (χ4n) is 3.21. The van der Waals surface area contributed by atoms with E-state index in [2.05, 4.69) is 61.9 Å². The van der Waals surface area contributed by atoms with Gasteiger partial charge in [0.15, 0.2) is 5.96 Å². The van der Waals surface area contributed by atoms with E-state index in [4.69, 9.17) is 4.74 Å². The van der Waals surface area contributed by atoms with Crippen molar-refractivity contribution < 1.29 is 4.74 Å². The summed E-state index contributed by atoms with van der Waals surface area (Å²) in [6, 6.07) is 14.7. The smallest absolute Gasteiger partial charge is 0.193 e. The van der Waals surface area contributed by atoms with Crippen LogP contribution in [0.3, 0.4) is 0 Å². The zero-order valence-electron chi connectivity index (χ0n) is 16.1. The van der Waals surface area contributed by atoms with Crippen LogP contribution in [0.15, 0.2) is 52.8 Å². The molecule has 1 N–H and O–H groups in total. The quantitative estimate of drug-likeness (QED) is 0.429. The molecule has 1 fully saturated rings. The highest BCUT2D eigenvalue weighted by Gasteiger charge is 2.19. The summed E-state index contributed by atoms with van der Waals surface area (Å²) in [6.07, 6.45) is 2.14. The van der Waals surface area contributed by atoms with E-state index in [1.165, 1.54) is 10.6 Å². The number of ether oxygens (including phenoxy) is 1. The average molecular weight is 387 g/mol. The van der Waals surface area contributed by atoms with Crippen molar-refractivity contribution in [2.45, 2.75) is 19.4 Å². The maximum Gasteiger partial charge on any atom is 0.193 e. The Morgan fingerprint density at radius 2 is 1.89 bits per heavy atom. The maximum atomic E-state index is 5.74. The molecule has 146 valence electrons. The van der Waals surface area contributed by atoms with Crippen molar-refractivity contribution in [3.8, 4) is 0 Å². The Morgan fingerprint density at radius 1 is 1.07 bits per heavy atom. The molecule has 1 aromatic heterocycles. The molecular weight excluding hydrogens is 356 g/mol. The second-order valence-corrected chi connectivity index (χ2v) is 7.57. The fourth-order valence-corrected chi connectivity index (χ4v) is 4.00. The number of benzene rings is 1. The van der Waals surface area contributed by atoms with Gasteiger partial charge in [0.1, 0.15) is 0 Å². The van der Waals surface area contributed by atoms with Crippen LogP contribution >= 0.6 is 11.3 Å². The highest BCUT2D eigenvalue weighted by atomic mass is 32.1. The van der Waals surface area contributed by atoms with Gasteiger partial charge in [-0.15, -0.1) is 11.3 Å². The van der Waals surface area contributed by atoms with Gasteiger partial charge in [0, 0.05) is 46.4 Å². The molecule has 3 rings (SSSR count). The summed E-state index contributed by atoms with van der Waals surface area (Å²) >= 11 is 1.82. The molecule has 0 aliphatic carbocycles. The van der Waals surface area contributed by atoms with Crippen molar-refractivity contribution in [1.29, 1.82) is 0 Å². The van der Waals surface area contributed by atoms with E-state index >= 15 is 0 Å². The first kappa shape index (κ1) is 19.7. The van der Waals surface area contributed by atoms with E-state index < -0.39 is 0 Å². The van der Waals surface area contributed by atoms with Crippen LogP contribution in [0.25, 0.3) is 0 Å². The first-order valence-electron chi connectivity index (χ1n) is 9.72. The molecule has 0 saturated carbocycles. The van der Waals surface area contributed by atoms with Crippen molar-refractivity contribution in [2.75, 3.05) is 51.3 Å². The van der Waals surface area contributed by atoms with Gasteiger partial charge >= 0.3 is 0 Å². The summed E-state index contributed by atoms with van der Waals surface area (Å²) in [5.74, 6) is 1.02. The van der Waals surface area contributed by atoms with Gasteiger partial charge in [0.2, 0.25) is 0 Å². The minimum Gasteiger partial charge on any atom is -0.377 e. The third kappa shape index (κ3) is 6.26. The van der Waals surface area contributed by atoms with Crippen LogP contribution in [0.2, 0.25) is 0 Å². The van der Waals surface area contributed by atoms with Crippen LogP contribution in [-0.2, 0) is 11.3 Å². The van der Waals surface area contributed by atoms with Gasteiger partial charge in [-0.2, -0.15) is 0 Å². The lowest BCUT2D eigenvalue weighted by Gasteiger charge is -2.37. The molecule has 0 unspecified atom stereocenters. The van der Waals surface area contributed by atoms with Crippen LogP contribution in [0.4, 0.5) is 5.00 Å². The van der Waals surface area contributed by atoms with Crippen molar-refractivity contribution >= 4 is 22.3 Å². The summed E-state index contributed by atoms with van der Waals surface area (Å²) in [7, 11) is 1.87. The standard InChI is InChI=1S/C21H30N4OS/c1-22-21(25-14-12-24(13-15-25)20-10-7-17-27-20)23-11-5-6-16-26-18-19-8-3-2-4-9-19/h2-4,7-10,17H,5-6,11-16,18H2,1H3,(H,22,23). The van der Waals surface area contributed by atoms with Gasteiger partial charge in [-0.05, 0) is 35.9 Å². The SMILES string of the molecule is CN=C(NCCCCOCc1ccccc1)N1CCN(c2cccs2)CC1. The minimum atomic E-state index is 0.699. The normalized spacial score (nSPS) is 15.2. The molecule has 0 amide bonds. The highest BCUT2D eigenvalue weighted by Crippen LogP contribution is 2.22. The lowest BCUT2D eigenvalue weighted by molar-refractivity contribution is 0.117. The molecule has 5 nitrogen and oxygen atoms in total. The molecule has 2 aromatic rings. The van der Waals surface area contributed by atoms with Gasteiger partial charge < -0.3 is 19.9 Å². The lowest BCUT2D eigenvalue weighted by Crippen LogP contribution is -2.52. The first-order valence-corrected chi connectivity index (χ1v) is 10.6. The molecule has 6 heteroatoms. The van der Waals surface area contributed by atoms with E-state index in [1.807, 2.05) is 24.5 Å². The number of hydrogen-bond acceptors (Lipinski definition) is 4. The van der Waals surface area contributed by atoms with Crippen LogP contribution < -0.4 is 10.2 Å². The van der Waals surface area contributed by atoms with Gasteiger partial charge in [-0.1, -0.05) is 30.3 Å². The molecule has 0 spiro atoms. The van der Waals surface area contributed by atoms with Gasteiger partial charge in [0.05, 0.1) is 11.6 Å². The van der Waals surface area contributed by atoms with E-state index in [0.29, 0.717) is 6.61 Å². The Bertz CT molecular complexity index is 667. The lowest BCUT2D eigenvalue weighted by atomic mass is 10.2. The van der Waals surface area contributed by atoms with E-state index in [1.54, 1.807) is 0 Å². The van der Waals surface area contributed by atoms with E-state index in [-0.39, 0.29) is 0 Å². The highest BCUT2D eigenvalue weighted by molar-refractivity contribution is 7.14. The van der Waals surface area contributed by atoms with Crippen LogP contribution in [-0.4, -0.2) is 57.2 Å². The number of hydrogen-bond donors (Lipinski definition) is 1. The molecule has 1 aromatic carbocycles. The van der Waals surface area contributed by atoms with Crippen molar-refractivity contribution in [1.82, 2.24) is 10.2 Å². The van der Waals surface area contributed by atoms with Gasteiger partial charge in [-0.3, -0.25) is 4.99 Å². The maximum absolute atomic E-state index is 5.74. The molecule has 0 atom stereocenters. The monoisotopic (exact) mass is 386 g/mol. The summed E-state index contributed by atoms with van der Waals surface area (Å²) in [4.78, 5) is 9.27. The van der Waals surface area contributed by atoms with Crippen LogP contribution in [0.1, 0.15) is 18.4 Å². The number of thiophene rings is 1. The summed E-state index contributed by atoms with van der Waals surface area (Å²) in [6.45, 7) is 6.56. The van der Waals surface area contributed by atoms with Crippen molar-refractivity contribution in [3.05, 3.63) is 53.4 Å². The third-order valence-electron chi connectivity index (χ3n) is 4.72. The number of guanidine groups is 1. The van der Waals surface area contributed by atoms with Gasteiger partial charge in [-0.25, -0.2) is 0 Å². The predicted molar refractivity (Wildman–Crippen MR) is 115 cm³/mol. The van der Waals surface area contributed by atoms with Gasteiger partial charge in [0.25, 0.3) is 0 Å². The summed E-state index contributed by atoms with van der Waals surface area (Å²) in [5.41, 5.74) is 1.23. The summed E-state index contributed by atoms with van der Waals surface area (Å²) in [5, 5.41) is 7.02. The van der Waals surface area contributed by atoms with Crippen molar-refractivity contribution in [2.24, 2.45) is 4.99 Å². The molecule has 1 aliphatic rings. The van der Waals surface area contributed by atoms with Crippen molar-refractivity contribution in [3.63, 3.8) is 0 Å². The number of nitrogens with one attached hydrogen (secondary N) is 1. The molecule has 2 heterocycles. The minimum absolute atomic E-state index is 0.699. The fraction of sp³-hybridized carbons (Fsp3) is 0.476. The number of rotatable bonds is 8. The second kappa shape index (κ2) is 10.9. The molecular formula is C21H30N4OS. The molecule has 0 bridgehead atoms. The Hall–Kier alpha value is -2.05. The number of aliphatic imine (C=N–C) groups is 1. The number of nitrogens with zero attached hydrogens (tertiary/aromatic N) is 3. The topological polar surface area (TPSA) is 40.1 Å². The average Bonchev–Trinajstić information content (AvgIpc) is 3.26. The largest absolute Gasteiger partial charge is 0.377 e. The zero-order chi connectivity index (χ0) is 18.7. The van der Waals surface area contributed by atoms with E-state index in [9.17, 15) is 0 Å². The predicted octanol–water partition coefficient (Wildman–Crippen LogP) is 3.44. The first-order chi connectivity index (χ1) is 13.4. The molecule has 1 aliphatic heterocycles. The number of anilines is 1. The summed E-state index contributed by atoms with van der Waals surface area (Å²) < 4.78 is 5.74.